The molecule has 0 aromatic heterocycles. The van der Waals surface area contributed by atoms with Crippen molar-refractivity contribution in [2.75, 3.05) is 6.54 Å². The van der Waals surface area contributed by atoms with Gasteiger partial charge in [-0.25, -0.2) is 4.39 Å². The predicted molar refractivity (Wildman–Crippen MR) is 60.1 cm³/mol. The van der Waals surface area contributed by atoms with Gasteiger partial charge in [-0.3, -0.25) is 0 Å². The Hall–Kier alpha value is -1.27. The van der Waals surface area contributed by atoms with Crippen LogP contribution in [0.2, 0.25) is 5.02 Å². The number of ether oxygens (including phenoxy) is 1. The molecule has 0 aliphatic rings. The summed E-state index contributed by atoms with van der Waals surface area (Å²) in [6.45, 7) is -0.0293. The van der Waals surface area contributed by atoms with Crippen molar-refractivity contribution in [2.45, 2.75) is 12.8 Å². The SMILES string of the molecule is NCC(=CF)Cc1cc(Cl)cc(OC(F)(F)F)c1. The largest absolute Gasteiger partial charge is 0.573 e. The summed E-state index contributed by atoms with van der Waals surface area (Å²) in [6, 6.07) is 3.59. The second-order valence-corrected chi connectivity index (χ2v) is 3.93. The van der Waals surface area contributed by atoms with Crippen LogP contribution in [0.15, 0.2) is 30.1 Å². The molecule has 1 rings (SSSR count). The van der Waals surface area contributed by atoms with E-state index in [4.69, 9.17) is 17.3 Å². The highest BCUT2D eigenvalue weighted by atomic mass is 35.5. The van der Waals surface area contributed by atoms with Gasteiger partial charge in [0.2, 0.25) is 0 Å². The molecule has 0 bridgehead atoms. The van der Waals surface area contributed by atoms with Crippen molar-refractivity contribution in [2.24, 2.45) is 5.73 Å². The Morgan fingerprint density at radius 3 is 2.50 bits per heavy atom. The van der Waals surface area contributed by atoms with Crippen molar-refractivity contribution in [1.29, 1.82) is 0 Å². The zero-order valence-corrected chi connectivity index (χ0v) is 9.85. The number of benzene rings is 1. The maximum absolute atomic E-state index is 12.3. The zero-order valence-electron chi connectivity index (χ0n) is 9.10. The van der Waals surface area contributed by atoms with Crippen molar-refractivity contribution in [1.82, 2.24) is 0 Å². The minimum Gasteiger partial charge on any atom is -0.406 e. The molecule has 0 aliphatic heterocycles. The van der Waals surface area contributed by atoms with Crippen LogP contribution in [0, 0.1) is 0 Å². The van der Waals surface area contributed by atoms with Crippen LogP contribution in [0.5, 0.6) is 5.75 Å². The van der Waals surface area contributed by atoms with Crippen molar-refractivity contribution < 1.29 is 22.3 Å². The number of hydrogen-bond donors (Lipinski definition) is 1. The second kappa shape index (κ2) is 6.06. The normalized spacial score (nSPS) is 12.7. The summed E-state index contributed by atoms with van der Waals surface area (Å²) < 4.78 is 52.2. The fraction of sp³-hybridized carbons (Fsp3) is 0.273. The fourth-order valence-corrected chi connectivity index (χ4v) is 1.58. The molecule has 2 nitrogen and oxygen atoms in total. The minimum absolute atomic E-state index is 0.0293. The van der Waals surface area contributed by atoms with E-state index in [1.165, 1.54) is 6.07 Å². The van der Waals surface area contributed by atoms with Gasteiger partial charge in [0.05, 0.1) is 6.33 Å². The number of nitrogens with two attached hydrogens (primary N) is 1. The van der Waals surface area contributed by atoms with Crippen molar-refractivity contribution in [3.8, 4) is 5.75 Å². The Balaban J connectivity index is 2.94. The van der Waals surface area contributed by atoms with E-state index in [1.54, 1.807) is 0 Å². The molecule has 0 atom stereocenters. The van der Waals surface area contributed by atoms with Crippen molar-refractivity contribution in [3.05, 3.63) is 40.7 Å². The molecule has 0 saturated heterocycles. The molecule has 2 N–H and O–H groups in total. The van der Waals surface area contributed by atoms with E-state index in [-0.39, 0.29) is 23.6 Å². The van der Waals surface area contributed by atoms with Crippen LogP contribution in [0.25, 0.3) is 0 Å². The number of alkyl halides is 3. The molecule has 0 radical (unpaired) electrons. The first kappa shape index (κ1) is 14.8. The highest BCUT2D eigenvalue weighted by Gasteiger charge is 2.31. The third kappa shape index (κ3) is 4.93. The standard InChI is InChI=1S/C11H10ClF4NO/c12-9-2-7(1-8(5-13)6-17)3-10(4-9)18-11(14,15)16/h2-5H,1,6,17H2. The Morgan fingerprint density at radius 2 is 2.00 bits per heavy atom. The van der Waals surface area contributed by atoms with Crippen molar-refractivity contribution >= 4 is 11.6 Å². The first-order valence-electron chi connectivity index (χ1n) is 4.87. The second-order valence-electron chi connectivity index (χ2n) is 3.49. The van der Waals surface area contributed by atoms with Gasteiger partial charge in [-0.15, -0.1) is 13.2 Å². The molecular formula is C11H10ClF4NO. The van der Waals surface area contributed by atoms with Gasteiger partial charge in [-0.2, -0.15) is 0 Å². The average Bonchev–Trinajstić information content (AvgIpc) is 2.22. The summed E-state index contributed by atoms with van der Waals surface area (Å²) in [5, 5.41) is 0.0713. The Kier molecular flexibility index (Phi) is 4.98. The molecule has 1 aromatic rings. The van der Waals surface area contributed by atoms with E-state index in [0.29, 0.717) is 11.9 Å². The lowest BCUT2D eigenvalue weighted by atomic mass is 10.1. The van der Waals surface area contributed by atoms with Crippen LogP contribution >= 0.6 is 11.6 Å². The van der Waals surface area contributed by atoms with E-state index in [9.17, 15) is 17.6 Å². The quantitative estimate of drug-likeness (QED) is 0.857. The lowest BCUT2D eigenvalue weighted by molar-refractivity contribution is -0.274. The first-order chi connectivity index (χ1) is 8.34. The molecule has 0 fully saturated rings. The molecule has 100 valence electrons. The molecule has 18 heavy (non-hydrogen) atoms. The lowest BCUT2D eigenvalue weighted by Gasteiger charge is -2.11. The monoisotopic (exact) mass is 283 g/mol. The van der Waals surface area contributed by atoms with E-state index < -0.39 is 12.1 Å². The fourth-order valence-electron chi connectivity index (χ4n) is 1.33. The highest BCUT2D eigenvalue weighted by Crippen LogP contribution is 2.27. The van der Waals surface area contributed by atoms with Gasteiger partial charge >= 0.3 is 6.36 Å². The van der Waals surface area contributed by atoms with Gasteiger partial charge in [-0.05, 0) is 35.8 Å². The summed E-state index contributed by atoms with van der Waals surface area (Å²) in [7, 11) is 0. The summed E-state index contributed by atoms with van der Waals surface area (Å²) in [4.78, 5) is 0. The van der Waals surface area contributed by atoms with Crippen LogP contribution in [-0.2, 0) is 6.42 Å². The summed E-state index contributed by atoms with van der Waals surface area (Å²) in [5.74, 6) is -0.444. The van der Waals surface area contributed by atoms with E-state index >= 15 is 0 Å². The van der Waals surface area contributed by atoms with Crippen LogP contribution < -0.4 is 10.5 Å². The van der Waals surface area contributed by atoms with Gasteiger partial charge in [0.25, 0.3) is 0 Å². The Labute approximate surface area is 106 Å². The van der Waals surface area contributed by atoms with E-state index in [0.717, 1.165) is 12.1 Å². The van der Waals surface area contributed by atoms with Gasteiger partial charge in [-0.1, -0.05) is 11.6 Å². The highest BCUT2D eigenvalue weighted by molar-refractivity contribution is 6.30. The molecule has 0 spiro atoms. The maximum atomic E-state index is 12.3. The summed E-state index contributed by atoms with van der Waals surface area (Å²) in [6.07, 6.45) is -4.40. The number of halogens is 5. The summed E-state index contributed by atoms with van der Waals surface area (Å²) >= 11 is 5.66. The third-order valence-electron chi connectivity index (χ3n) is 2.01. The zero-order chi connectivity index (χ0) is 13.8. The van der Waals surface area contributed by atoms with Gasteiger partial charge < -0.3 is 10.5 Å². The Bertz CT molecular complexity index is 445. The van der Waals surface area contributed by atoms with E-state index in [1.807, 2.05) is 0 Å². The average molecular weight is 284 g/mol. The van der Waals surface area contributed by atoms with Crippen LogP contribution in [-0.4, -0.2) is 12.9 Å². The Morgan fingerprint density at radius 1 is 1.33 bits per heavy atom. The smallest absolute Gasteiger partial charge is 0.406 e. The molecule has 0 heterocycles. The molecule has 0 amide bonds. The van der Waals surface area contributed by atoms with Gasteiger partial charge in [0, 0.05) is 11.6 Å². The lowest BCUT2D eigenvalue weighted by Crippen LogP contribution is -2.17. The number of hydrogen-bond acceptors (Lipinski definition) is 2. The predicted octanol–water partition coefficient (Wildman–Crippen LogP) is 3.59. The molecule has 1 aromatic carbocycles. The van der Waals surface area contributed by atoms with Crippen LogP contribution in [0.3, 0.4) is 0 Å². The van der Waals surface area contributed by atoms with Crippen LogP contribution in [0.4, 0.5) is 17.6 Å². The molecule has 0 saturated carbocycles. The molecule has 0 aliphatic carbocycles. The molecular weight excluding hydrogens is 274 g/mol. The van der Waals surface area contributed by atoms with Crippen molar-refractivity contribution in [3.63, 3.8) is 0 Å². The summed E-state index contributed by atoms with van der Waals surface area (Å²) in [5.41, 5.74) is 5.89. The minimum atomic E-state index is -4.80. The van der Waals surface area contributed by atoms with Gasteiger partial charge in [0.1, 0.15) is 5.75 Å². The molecule has 0 unspecified atom stereocenters. The van der Waals surface area contributed by atoms with E-state index in [2.05, 4.69) is 4.74 Å². The number of rotatable bonds is 4. The maximum Gasteiger partial charge on any atom is 0.573 e. The topological polar surface area (TPSA) is 35.2 Å². The van der Waals surface area contributed by atoms with Gasteiger partial charge in [0.15, 0.2) is 0 Å². The third-order valence-corrected chi connectivity index (χ3v) is 2.23. The van der Waals surface area contributed by atoms with Crippen LogP contribution in [0.1, 0.15) is 5.56 Å². The molecule has 7 heteroatoms. The first-order valence-corrected chi connectivity index (χ1v) is 5.25.